The number of methoxy groups -OCH3 is 1. The number of carbonyl (C=O) groups is 3. The lowest BCUT2D eigenvalue weighted by atomic mass is 10.2. The van der Waals surface area contributed by atoms with Gasteiger partial charge in [0.05, 0.1) is 12.7 Å². The Balaban J connectivity index is 1.71. The van der Waals surface area contributed by atoms with Gasteiger partial charge >= 0.3 is 5.97 Å². The van der Waals surface area contributed by atoms with E-state index in [0.717, 1.165) is 25.9 Å². The monoisotopic (exact) mass is 324 g/mol. The van der Waals surface area contributed by atoms with Gasteiger partial charge in [-0.3, -0.25) is 9.59 Å². The third kappa shape index (κ3) is 4.30. The van der Waals surface area contributed by atoms with E-state index in [1.165, 1.54) is 18.4 Å². The topological polar surface area (TPSA) is 75.7 Å². The first-order valence-corrected chi connectivity index (χ1v) is 8.23. The number of thiophene rings is 1. The van der Waals surface area contributed by atoms with E-state index in [0.29, 0.717) is 29.8 Å². The number of ether oxygens (including phenoxy) is 1. The van der Waals surface area contributed by atoms with Gasteiger partial charge in [-0.2, -0.15) is 0 Å². The molecule has 0 bridgehead atoms. The first-order valence-electron chi connectivity index (χ1n) is 7.35. The van der Waals surface area contributed by atoms with Crippen LogP contribution in [0.25, 0.3) is 0 Å². The fraction of sp³-hybridized carbons (Fsp3) is 0.533. The lowest BCUT2D eigenvalue weighted by molar-refractivity contribution is -0.127. The highest BCUT2D eigenvalue weighted by Gasteiger charge is 2.19. The summed E-state index contributed by atoms with van der Waals surface area (Å²) in [5, 5.41) is 5.00. The molecular formula is C15H20N2O4S. The Morgan fingerprint density at radius 3 is 2.91 bits per heavy atom. The second-order valence-electron chi connectivity index (χ2n) is 5.14. The van der Waals surface area contributed by atoms with E-state index in [4.69, 9.17) is 0 Å². The van der Waals surface area contributed by atoms with Crippen molar-refractivity contribution in [3.05, 3.63) is 17.0 Å². The van der Waals surface area contributed by atoms with Crippen molar-refractivity contribution in [2.24, 2.45) is 0 Å². The van der Waals surface area contributed by atoms with Gasteiger partial charge in [0, 0.05) is 25.9 Å². The number of amides is 2. The maximum absolute atomic E-state index is 11.9. The summed E-state index contributed by atoms with van der Waals surface area (Å²) in [6, 6.07) is 1.63. The van der Waals surface area contributed by atoms with Crippen LogP contribution in [-0.2, 0) is 14.3 Å². The van der Waals surface area contributed by atoms with Crippen LogP contribution in [0.1, 0.15) is 42.5 Å². The van der Waals surface area contributed by atoms with Crippen LogP contribution in [0.15, 0.2) is 11.4 Å². The number of rotatable bonds is 7. The summed E-state index contributed by atoms with van der Waals surface area (Å²) in [6.45, 7) is 1.56. The van der Waals surface area contributed by atoms with Gasteiger partial charge in [-0.1, -0.05) is 0 Å². The Morgan fingerprint density at radius 2 is 2.23 bits per heavy atom. The largest absolute Gasteiger partial charge is 0.465 e. The summed E-state index contributed by atoms with van der Waals surface area (Å²) in [6.07, 6.45) is 3.49. The average molecular weight is 324 g/mol. The van der Waals surface area contributed by atoms with Gasteiger partial charge < -0.3 is 15.0 Å². The van der Waals surface area contributed by atoms with Gasteiger partial charge in [-0.05, 0) is 30.7 Å². The molecule has 0 unspecified atom stereocenters. The van der Waals surface area contributed by atoms with Crippen molar-refractivity contribution in [3.8, 4) is 0 Å². The molecule has 7 heteroatoms. The van der Waals surface area contributed by atoms with Crippen LogP contribution in [0.4, 0.5) is 5.00 Å². The van der Waals surface area contributed by atoms with Gasteiger partial charge in [0.15, 0.2) is 0 Å². The molecule has 0 aliphatic carbocycles. The third-order valence-corrected chi connectivity index (χ3v) is 4.41. The molecular weight excluding hydrogens is 304 g/mol. The summed E-state index contributed by atoms with van der Waals surface area (Å²) in [4.78, 5) is 36.7. The first-order chi connectivity index (χ1) is 10.6. The number of unbranched alkanes of at least 4 members (excludes halogenated alkanes) is 1. The maximum Gasteiger partial charge on any atom is 0.340 e. The van der Waals surface area contributed by atoms with Gasteiger partial charge in [0.2, 0.25) is 11.8 Å². The molecule has 0 radical (unpaired) electrons. The zero-order valence-electron chi connectivity index (χ0n) is 12.6. The Kier molecular flexibility index (Phi) is 5.94. The molecule has 1 aromatic heterocycles. The molecule has 1 fully saturated rings. The van der Waals surface area contributed by atoms with Crippen LogP contribution >= 0.6 is 11.3 Å². The smallest absolute Gasteiger partial charge is 0.340 e. The molecule has 1 aliphatic heterocycles. The van der Waals surface area contributed by atoms with Gasteiger partial charge in [0.25, 0.3) is 0 Å². The van der Waals surface area contributed by atoms with Crippen molar-refractivity contribution in [2.45, 2.75) is 32.1 Å². The molecule has 2 amide bonds. The molecule has 2 heterocycles. The Morgan fingerprint density at radius 1 is 1.41 bits per heavy atom. The number of anilines is 1. The molecule has 1 N–H and O–H groups in total. The van der Waals surface area contributed by atoms with Crippen molar-refractivity contribution >= 4 is 34.1 Å². The average Bonchev–Trinajstić information content (AvgIpc) is 3.12. The Bertz CT molecular complexity index is 555. The molecule has 0 atom stereocenters. The molecule has 1 aliphatic rings. The van der Waals surface area contributed by atoms with Crippen LogP contribution in [0.2, 0.25) is 0 Å². The summed E-state index contributed by atoms with van der Waals surface area (Å²) in [5.74, 6) is -0.366. The summed E-state index contributed by atoms with van der Waals surface area (Å²) >= 11 is 1.30. The number of carbonyl (C=O) groups excluding carboxylic acids is 3. The van der Waals surface area contributed by atoms with E-state index < -0.39 is 5.97 Å². The highest BCUT2D eigenvalue weighted by atomic mass is 32.1. The van der Waals surface area contributed by atoms with Crippen molar-refractivity contribution in [1.29, 1.82) is 0 Å². The molecule has 0 saturated carbocycles. The molecule has 1 aromatic rings. The van der Waals surface area contributed by atoms with E-state index in [2.05, 4.69) is 10.1 Å². The van der Waals surface area contributed by atoms with Gasteiger partial charge in [0.1, 0.15) is 5.00 Å². The number of hydrogen-bond acceptors (Lipinski definition) is 5. The van der Waals surface area contributed by atoms with E-state index in [1.54, 1.807) is 11.4 Å². The lowest BCUT2D eigenvalue weighted by Crippen LogP contribution is -2.25. The predicted molar refractivity (Wildman–Crippen MR) is 84.0 cm³/mol. The van der Waals surface area contributed by atoms with Crippen LogP contribution in [0, 0.1) is 0 Å². The third-order valence-electron chi connectivity index (χ3n) is 3.58. The molecule has 0 spiro atoms. The number of nitrogens with one attached hydrogen (secondary N) is 1. The first kappa shape index (κ1) is 16.5. The van der Waals surface area contributed by atoms with Crippen LogP contribution in [-0.4, -0.2) is 42.9 Å². The quantitative estimate of drug-likeness (QED) is 0.616. The highest BCUT2D eigenvalue weighted by molar-refractivity contribution is 7.14. The van der Waals surface area contributed by atoms with Crippen molar-refractivity contribution < 1.29 is 19.1 Å². The summed E-state index contributed by atoms with van der Waals surface area (Å²) in [7, 11) is 1.31. The zero-order valence-corrected chi connectivity index (χ0v) is 13.4. The van der Waals surface area contributed by atoms with Crippen molar-refractivity contribution in [1.82, 2.24) is 4.90 Å². The molecule has 0 aromatic carbocycles. The van der Waals surface area contributed by atoms with E-state index >= 15 is 0 Å². The van der Waals surface area contributed by atoms with Crippen molar-refractivity contribution in [3.63, 3.8) is 0 Å². The number of likely N-dealkylation sites (tertiary alicyclic amines) is 1. The number of hydrogen-bond donors (Lipinski definition) is 1. The number of nitrogens with zero attached hydrogens (tertiary/aromatic N) is 1. The Hall–Kier alpha value is -1.89. The van der Waals surface area contributed by atoms with Crippen LogP contribution in [0.3, 0.4) is 0 Å². The standard InChI is InChI=1S/C15H20N2O4S/c1-21-15(20)11-7-10-22-14(11)16-12(18)5-2-3-8-17-9-4-6-13(17)19/h7,10H,2-6,8-9H2,1H3,(H,16,18). The van der Waals surface area contributed by atoms with Gasteiger partial charge in [-0.25, -0.2) is 4.79 Å². The fourth-order valence-corrected chi connectivity index (χ4v) is 3.19. The van der Waals surface area contributed by atoms with E-state index in [9.17, 15) is 14.4 Å². The zero-order chi connectivity index (χ0) is 15.9. The molecule has 120 valence electrons. The maximum atomic E-state index is 11.9. The minimum atomic E-state index is -0.455. The van der Waals surface area contributed by atoms with Crippen LogP contribution in [0.5, 0.6) is 0 Å². The summed E-state index contributed by atoms with van der Waals surface area (Å²) in [5.41, 5.74) is 0.378. The SMILES string of the molecule is COC(=O)c1ccsc1NC(=O)CCCCN1CCCC1=O. The second-order valence-corrected chi connectivity index (χ2v) is 6.06. The second kappa shape index (κ2) is 7.93. The molecule has 6 nitrogen and oxygen atoms in total. The van der Waals surface area contributed by atoms with Crippen LogP contribution < -0.4 is 5.32 Å². The Labute approximate surface area is 133 Å². The van der Waals surface area contributed by atoms with Gasteiger partial charge in [-0.15, -0.1) is 11.3 Å². The molecule has 2 rings (SSSR count). The molecule has 1 saturated heterocycles. The van der Waals surface area contributed by atoms with Crippen molar-refractivity contribution in [2.75, 3.05) is 25.5 Å². The number of esters is 1. The fourth-order valence-electron chi connectivity index (χ4n) is 2.39. The lowest BCUT2D eigenvalue weighted by Gasteiger charge is -2.14. The highest BCUT2D eigenvalue weighted by Crippen LogP contribution is 2.24. The van der Waals surface area contributed by atoms with E-state index in [-0.39, 0.29) is 11.8 Å². The van der Waals surface area contributed by atoms with E-state index in [1.807, 2.05) is 4.90 Å². The summed E-state index contributed by atoms with van der Waals surface area (Å²) < 4.78 is 4.66. The minimum Gasteiger partial charge on any atom is -0.465 e. The normalized spacial score (nSPS) is 14.2. The predicted octanol–water partition coefficient (Wildman–Crippen LogP) is 2.27. The minimum absolute atomic E-state index is 0.125. The molecule has 22 heavy (non-hydrogen) atoms.